The van der Waals surface area contributed by atoms with Crippen molar-refractivity contribution in [2.24, 2.45) is 0 Å². The van der Waals surface area contributed by atoms with Gasteiger partial charge in [0.15, 0.2) is 0 Å². The second-order valence-corrected chi connectivity index (χ2v) is 6.15. The van der Waals surface area contributed by atoms with E-state index in [1.807, 2.05) is 6.92 Å². The molecule has 7 heteroatoms. The number of aliphatic hydroxyl groups excluding tert-OH is 1. The minimum atomic E-state index is -4.45. The molecule has 2 aromatic rings. The number of hydrogen-bond acceptors (Lipinski definition) is 3. The molecule has 0 amide bonds. The summed E-state index contributed by atoms with van der Waals surface area (Å²) >= 11 is 0. The highest BCUT2D eigenvalue weighted by molar-refractivity contribution is 5.87. The Balaban J connectivity index is 1.90. The van der Waals surface area contributed by atoms with Gasteiger partial charge in [0, 0.05) is 12.6 Å². The average Bonchev–Trinajstić information content (AvgIpc) is 2.59. The molecule has 0 spiro atoms. The van der Waals surface area contributed by atoms with Crippen LogP contribution in [0.5, 0.6) is 0 Å². The summed E-state index contributed by atoms with van der Waals surface area (Å²) in [4.78, 5) is 10.8. The molecule has 0 aliphatic carbocycles. The van der Waals surface area contributed by atoms with Crippen LogP contribution in [0.3, 0.4) is 0 Å². The summed E-state index contributed by atoms with van der Waals surface area (Å²) in [7, 11) is 0. The van der Waals surface area contributed by atoms with Gasteiger partial charge in [-0.1, -0.05) is 24.3 Å². The van der Waals surface area contributed by atoms with Crippen LogP contribution >= 0.6 is 0 Å². The van der Waals surface area contributed by atoms with Crippen LogP contribution in [0.25, 0.3) is 0 Å². The minimum absolute atomic E-state index is 0.0499. The Bertz CT molecular complexity index is 744. The lowest BCUT2D eigenvalue weighted by Crippen LogP contribution is -2.32. The van der Waals surface area contributed by atoms with Crippen molar-refractivity contribution >= 4 is 5.97 Å². The molecule has 0 radical (unpaired) electrons. The quantitative estimate of drug-likeness (QED) is 0.699. The second-order valence-electron chi connectivity index (χ2n) is 6.15. The smallest absolute Gasteiger partial charge is 0.416 e. The largest absolute Gasteiger partial charge is 0.478 e. The lowest BCUT2D eigenvalue weighted by atomic mass is 10.0. The Morgan fingerprint density at radius 1 is 1.15 bits per heavy atom. The number of rotatable bonds is 7. The molecule has 0 aliphatic heterocycles. The zero-order chi connectivity index (χ0) is 19.3. The number of aromatic carboxylic acids is 1. The van der Waals surface area contributed by atoms with Crippen molar-refractivity contribution in [2.75, 3.05) is 6.54 Å². The molecule has 0 saturated heterocycles. The highest BCUT2D eigenvalue weighted by Crippen LogP contribution is 2.30. The van der Waals surface area contributed by atoms with Crippen molar-refractivity contribution in [3.8, 4) is 0 Å². The number of hydrogen-bond donors (Lipinski definition) is 3. The number of aliphatic hydroxyl groups is 1. The molecule has 3 N–H and O–H groups in total. The first-order valence-corrected chi connectivity index (χ1v) is 8.07. The Hall–Kier alpha value is -2.38. The Labute approximate surface area is 149 Å². The van der Waals surface area contributed by atoms with E-state index in [0.717, 1.165) is 17.7 Å². The fourth-order valence-electron chi connectivity index (χ4n) is 2.56. The minimum Gasteiger partial charge on any atom is -0.478 e. The van der Waals surface area contributed by atoms with Crippen LogP contribution in [-0.4, -0.2) is 28.8 Å². The number of benzene rings is 2. The van der Waals surface area contributed by atoms with Gasteiger partial charge in [0.25, 0.3) is 0 Å². The molecule has 4 nitrogen and oxygen atoms in total. The molecule has 0 aliphatic rings. The van der Waals surface area contributed by atoms with Gasteiger partial charge in [-0.2, -0.15) is 13.2 Å². The summed E-state index contributed by atoms with van der Waals surface area (Å²) in [5.41, 5.74) is 0.531. The van der Waals surface area contributed by atoms with Crippen molar-refractivity contribution in [3.05, 3.63) is 70.8 Å². The lowest BCUT2D eigenvalue weighted by Gasteiger charge is -2.18. The van der Waals surface area contributed by atoms with Crippen molar-refractivity contribution in [3.63, 3.8) is 0 Å². The van der Waals surface area contributed by atoms with Crippen molar-refractivity contribution in [1.29, 1.82) is 0 Å². The summed E-state index contributed by atoms with van der Waals surface area (Å²) < 4.78 is 38.2. The van der Waals surface area contributed by atoms with Crippen LogP contribution in [0.1, 0.15) is 40.1 Å². The van der Waals surface area contributed by atoms with Gasteiger partial charge < -0.3 is 15.5 Å². The van der Waals surface area contributed by atoms with Gasteiger partial charge in [-0.25, -0.2) is 4.79 Å². The molecule has 0 saturated carbocycles. The van der Waals surface area contributed by atoms with E-state index in [1.165, 1.54) is 24.3 Å². The maximum atomic E-state index is 12.7. The van der Waals surface area contributed by atoms with E-state index >= 15 is 0 Å². The van der Waals surface area contributed by atoms with E-state index in [2.05, 4.69) is 5.32 Å². The molecule has 2 atom stereocenters. The zero-order valence-corrected chi connectivity index (χ0v) is 14.1. The molecule has 140 valence electrons. The van der Waals surface area contributed by atoms with Gasteiger partial charge in [0.05, 0.1) is 17.2 Å². The van der Waals surface area contributed by atoms with E-state index in [0.29, 0.717) is 6.42 Å². The normalized spacial score (nSPS) is 14.0. The van der Waals surface area contributed by atoms with Crippen LogP contribution < -0.4 is 5.32 Å². The molecular weight excluding hydrogens is 347 g/mol. The number of carboxylic acid groups (broad SMARTS) is 1. The Morgan fingerprint density at radius 2 is 1.81 bits per heavy atom. The summed E-state index contributed by atoms with van der Waals surface area (Å²) in [6.45, 7) is 1.99. The summed E-state index contributed by atoms with van der Waals surface area (Å²) in [5, 5.41) is 22.1. The van der Waals surface area contributed by atoms with Gasteiger partial charge >= 0.3 is 12.1 Å². The monoisotopic (exact) mass is 367 g/mol. The van der Waals surface area contributed by atoms with Gasteiger partial charge in [0.2, 0.25) is 0 Å². The molecule has 0 bridgehead atoms. The molecule has 2 rings (SSSR count). The van der Waals surface area contributed by atoms with Crippen molar-refractivity contribution in [2.45, 2.75) is 31.7 Å². The third kappa shape index (κ3) is 5.57. The van der Waals surface area contributed by atoms with Gasteiger partial charge in [0.1, 0.15) is 0 Å². The predicted molar refractivity (Wildman–Crippen MR) is 91.0 cm³/mol. The van der Waals surface area contributed by atoms with Gasteiger partial charge in [-0.15, -0.1) is 0 Å². The topological polar surface area (TPSA) is 69.6 Å². The molecule has 0 aromatic heterocycles. The maximum Gasteiger partial charge on any atom is 0.416 e. The van der Waals surface area contributed by atoms with Crippen LogP contribution in [0.4, 0.5) is 13.2 Å². The summed E-state index contributed by atoms with van der Waals surface area (Å²) in [6, 6.07) is 11.0. The van der Waals surface area contributed by atoms with E-state index < -0.39 is 23.8 Å². The summed E-state index contributed by atoms with van der Waals surface area (Å²) in [5.74, 6) is -0.994. The zero-order valence-electron chi connectivity index (χ0n) is 14.1. The molecule has 26 heavy (non-hydrogen) atoms. The predicted octanol–water partition coefficient (Wildman–Crippen LogP) is 3.66. The first kappa shape index (κ1) is 19.9. The molecule has 0 unspecified atom stereocenters. The fraction of sp³-hybridized carbons (Fsp3) is 0.316. The number of alkyl halides is 3. The lowest BCUT2D eigenvalue weighted by molar-refractivity contribution is -0.137. The summed E-state index contributed by atoms with van der Waals surface area (Å²) in [6.07, 6.45) is -4.91. The van der Waals surface area contributed by atoms with Crippen LogP contribution in [0.15, 0.2) is 48.5 Å². The average molecular weight is 367 g/mol. The van der Waals surface area contributed by atoms with Crippen molar-refractivity contribution < 1.29 is 28.2 Å². The first-order chi connectivity index (χ1) is 12.2. The Morgan fingerprint density at radius 3 is 2.38 bits per heavy atom. The van der Waals surface area contributed by atoms with E-state index in [-0.39, 0.29) is 23.7 Å². The first-order valence-electron chi connectivity index (χ1n) is 8.07. The van der Waals surface area contributed by atoms with Crippen LogP contribution in [0, 0.1) is 0 Å². The van der Waals surface area contributed by atoms with Crippen LogP contribution in [0.2, 0.25) is 0 Å². The van der Waals surface area contributed by atoms with Gasteiger partial charge in [-0.05, 0) is 48.7 Å². The molecule has 0 heterocycles. The van der Waals surface area contributed by atoms with E-state index in [1.54, 1.807) is 12.1 Å². The van der Waals surface area contributed by atoms with E-state index in [4.69, 9.17) is 5.11 Å². The number of carbonyl (C=O) groups is 1. The fourth-order valence-corrected chi connectivity index (χ4v) is 2.56. The highest BCUT2D eigenvalue weighted by atomic mass is 19.4. The third-order valence-corrected chi connectivity index (χ3v) is 4.00. The standard InChI is InChI=1S/C19H20F3NO3/c1-12(9-13-5-7-14(8-6-13)18(25)26)23-11-17(24)15-3-2-4-16(10-15)19(20,21)22/h2-8,10,12,17,23-24H,9,11H2,1H3,(H,25,26)/t12-,17+/m0/s1. The molecule has 2 aromatic carbocycles. The molecule has 0 fully saturated rings. The SMILES string of the molecule is C[C@@H](Cc1ccc(C(=O)O)cc1)NC[C@@H](O)c1cccc(C(F)(F)F)c1. The van der Waals surface area contributed by atoms with E-state index in [9.17, 15) is 23.1 Å². The second kappa shape index (κ2) is 8.33. The number of halogens is 3. The highest BCUT2D eigenvalue weighted by Gasteiger charge is 2.30. The van der Waals surface area contributed by atoms with Gasteiger partial charge in [-0.3, -0.25) is 0 Å². The van der Waals surface area contributed by atoms with Crippen molar-refractivity contribution in [1.82, 2.24) is 5.32 Å². The maximum absolute atomic E-state index is 12.7. The molecular formula is C19H20F3NO3. The Kier molecular flexibility index (Phi) is 6.39. The number of carboxylic acids is 1. The number of nitrogens with one attached hydrogen (secondary N) is 1. The third-order valence-electron chi connectivity index (χ3n) is 4.00. The van der Waals surface area contributed by atoms with Crippen LogP contribution in [-0.2, 0) is 12.6 Å².